The van der Waals surface area contributed by atoms with Gasteiger partial charge in [0.2, 0.25) is 0 Å². The first kappa shape index (κ1) is 26.7. The Labute approximate surface area is 223 Å². The van der Waals surface area contributed by atoms with E-state index < -0.39 is 5.91 Å². The number of guanidine groups is 1. The minimum absolute atomic E-state index is 0.234. The van der Waals surface area contributed by atoms with Crippen LogP contribution in [0.2, 0.25) is 0 Å². The van der Waals surface area contributed by atoms with Crippen LogP contribution in [0.5, 0.6) is 0 Å². The second kappa shape index (κ2) is 12.3. The van der Waals surface area contributed by atoms with E-state index in [-0.39, 0.29) is 12.0 Å². The molecule has 1 aliphatic carbocycles. The number of amides is 3. The van der Waals surface area contributed by atoms with Crippen molar-refractivity contribution in [3.8, 4) is 0 Å². The lowest BCUT2D eigenvalue weighted by Gasteiger charge is -2.26. The highest BCUT2D eigenvalue weighted by molar-refractivity contribution is 6.03. The molecule has 3 aromatic rings. The van der Waals surface area contributed by atoms with Crippen LogP contribution < -0.4 is 21.5 Å². The molecule has 0 spiro atoms. The zero-order valence-electron chi connectivity index (χ0n) is 22.0. The van der Waals surface area contributed by atoms with E-state index >= 15 is 0 Å². The van der Waals surface area contributed by atoms with Crippen LogP contribution in [0.25, 0.3) is 0 Å². The van der Waals surface area contributed by atoms with E-state index in [0.717, 1.165) is 28.1 Å². The fourth-order valence-electron chi connectivity index (χ4n) is 5.01. The van der Waals surface area contributed by atoms with Gasteiger partial charge in [0.1, 0.15) is 0 Å². The molecule has 0 bridgehead atoms. The topological polar surface area (TPSA) is 126 Å². The summed E-state index contributed by atoms with van der Waals surface area (Å²) in [5.41, 5.74) is 16.7. The zero-order valence-corrected chi connectivity index (χ0v) is 22.0. The summed E-state index contributed by atoms with van der Waals surface area (Å²) in [6, 6.07) is 21.0. The number of carbonyl (C=O) groups excluding carboxylic acids is 2. The van der Waals surface area contributed by atoms with Gasteiger partial charge in [-0.15, -0.1) is 5.53 Å². The van der Waals surface area contributed by atoms with Crippen molar-refractivity contribution in [3.63, 3.8) is 0 Å². The molecule has 196 valence electrons. The molecular formula is C30H35N6O2+. The monoisotopic (exact) mass is 511 g/mol. The summed E-state index contributed by atoms with van der Waals surface area (Å²) >= 11 is 0. The number of hydrogen-bond donors (Lipinski definition) is 3. The Kier molecular flexibility index (Phi) is 8.63. The van der Waals surface area contributed by atoms with Gasteiger partial charge in [-0.05, 0) is 91.3 Å². The molecule has 8 nitrogen and oxygen atoms in total. The van der Waals surface area contributed by atoms with Gasteiger partial charge >= 0.3 is 6.03 Å². The number of carbonyl (C=O) groups is 2. The van der Waals surface area contributed by atoms with E-state index in [1.807, 2.05) is 38.1 Å². The molecule has 1 fully saturated rings. The Morgan fingerprint density at radius 1 is 0.947 bits per heavy atom. The molecule has 8 heteroatoms. The summed E-state index contributed by atoms with van der Waals surface area (Å²) in [4.78, 5) is 31.1. The number of benzene rings is 3. The molecule has 0 aliphatic heterocycles. The highest BCUT2D eigenvalue weighted by Crippen LogP contribution is 2.33. The van der Waals surface area contributed by atoms with Crippen molar-refractivity contribution in [2.45, 2.75) is 58.4 Å². The highest BCUT2D eigenvalue weighted by Gasteiger charge is 2.20. The van der Waals surface area contributed by atoms with Gasteiger partial charge in [-0.1, -0.05) is 49.6 Å². The van der Waals surface area contributed by atoms with Crippen molar-refractivity contribution < 1.29 is 15.1 Å². The van der Waals surface area contributed by atoms with Crippen molar-refractivity contribution in [1.29, 1.82) is 0 Å². The number of rotatable bonds is 6. The van der Waals surface area contributed by atoms with Crippen LogP contribution in [-0.4, -0.2) is 17.9 Å². The maximum Gasteiger partial charge on any atom is 0.326 e. The molecule has 3 aromatic carbocycles. The van der Waals surface area contributed by atoms with E-state index in [0.29, 0.717) is 18.0 Å². The molecule has 0 unspecified atom stereocenters. The highest BCUT2D eigenvalue weighted by atomic mass is 16.2. The number of nitrogens with zero attached hydrogens (tertiary/aromatic N) is 3. The van der Waals surface area contributed by atoms with Crippen LogP contribution in [0.15, 0.2) is 76.8 Å². The fraction of sp³-hybridized carbons (Fsp3) is 0.300. The first-order chi connectivity index (χ1) is 18.3. The van der Waals surface area contributed by atoms with Gasteiger partial charge in [-0.25, -0.2) is 4.79 Å². The first-order valence-electron chi connectivity index (χ1n) is 13.0. The Bertz CT molecular complexity index is 1310. The first-order valence-corrected chi connectivity index (χ1v) is 13.0. The number of anilines is 2. The van der Waals surface area contributed by atoms with Crippen LogP contribution >= 0.6 is 0 Å². The zero-order chi connectivity index (χ0) is 27.1. The lowest BCUT2D eigenvalue weighted by Crippen LogP contribution is -2.34. The second-order valence-corrected chi connectivity index (χ2v) is 9.92. The summed E-state index contributed by atoms with van der Waals surface area (Å²) in [7, 11) is 0. The normalized spacial score (nSPS) is 14.1. The molecular weight excluding hydrogens is 476 g/mol. The number of nitrogens with two attached hydrogens (primary N) is 2. The van der Waals surface area contributed by atoms with E-state index in [2.05, 4.69) is 33.6 Å². The number of hydrogen-bond acceptors (Lipinski definition) is 2. The average molecular weight is 512 g/mol. The Hall–Kier alpha value is -4.33. The average Bonchev–Trinajstić information content (AvgIpc) is 2.92. The number of aliphatic imine (C=N–C) groups is 1. The van der Waals surface area contributed by atoms with Crippen molar-refractivity contribution >= 4 is 29.3 Å². The summed E-state index contributed by atoms with van der Waals surface area (Å²) in [5, 5.41) is 6.26. The largest absolute Gasteiger partial charge is 0.363 e. The van der Waals surface area contributed by atoms with E-state index in [4.69, 9.17) is 11.3 Å². The minimum Gasteiger partial charge on any atom is -0.363 e. The van der Waals surface area contributed by atoms with Gasteiger partial charge in [0.15, 0.2) is 0 Å². The van der Waals surface area contributed by atoms with Crippen molar-refractivity contribution in [2.24, 2.45) is 15.8 Å². The van der Waals surface area contributed by atoms with Crippen LogP contribution in [-0.2, 0) is 6.54 Å². The predicted molar refractivity (Wildman–Crippen MR) is 150 cm³/mol. The number of aryl methyl sites for hydroxylation is 2. The third kappa shape index (κ3) is 6.91. The summed E-state index contributed by atoms with van der Waals surface area (Å²) in [6.45, 7) is 4.33. The molecule has 1 saturated carbocycles. The molecule has 0 atom stereocenters. The van der Waals surface area contributed by atoms with E-state index in [9.17, 15) is 9.59 Å². The molecule has 38 heavy (non-hydrogen) atoms. The molecule has 0 radical (unpaired) electrons. The van der Waals surface area contributed by atoms with Crippen molar-refractivity contribution in [2.75, 3.05) is 10.2 Å². The quantitative estimate of drug-likeness (QED) is 0.237. The smallest absolute Gasteiger partial charge is 0.326 e. The van der Waals surface area contributed by atoms with Crippen molar-refractivity contribution in [3.05, 3.63) is 94.5 Å². The van der Waals surface area contributed by atoms with Gasteiger partial charge < -0.3 is 11.1 Å². The molecule has 0 saturated heterocycles. The van der Waals surface area contributed by atoms with Gasteiger partial charge in [-0.3, -0.25) is 9.69 Å². The SMILES string of the molecule is Cc1cc(C)cc(NC(=O)N(Cc2ccc(C(=O)N=C(N)N=[NH2+])cc2)c2ccc(C3CCCCC3)cc2)c1. The van der Waals surface area contributed by atoms with Gasteiger partial charge in [0, 0.05) is 22.1 Å². The van der Waals surface area contributed by atoms with Crippen LogP contribution in [0.4, 0.5) is 16.2 Å². The predicted octanol–water partition coefficient (Wildman–Crippen LogP) is 5.26. The second-order valence-electron chi connectivity index (χ2n) is 9.92. The molecule has 0 aromatic heterocycles. The number of nitrogens with one attached hydrogen (secondary N) is 1. The molecule has 1 aliphatic rings. The molecule has 3 amide bonds. The Morgan fingerprint density at radius 2 is 1.58 bits per heavy atom. The lowest BCUT2D eigenvalue weighted by atomic mass is 9.84. The van der Waals surface area contributed by atoms with Gasteiger partial charge in [0.05, 0.1) is 6.54 Å². The molecule has 4 rings (SSSR count). The van der Waals surface area contributed by atoms with Gasteiger partial charge in [-0.2, -0.15) is 4.99 Å². The van der Waals surface area contributed by atoms with Gasteiger partial charge in [0.25, 0.3) is 11.9 Å². The van der Waals surface area contributed by atoms with E-state index in [1.54, 1.807) is 29.2 Å². The summed E-state index contributed by atoms with van der Waals surface area (Å²) in [6.07, 6.45) is 6.29. The maximum atomic E-state index is 13.6. The lowest BCUT2D eigenvalue weighted by molar-refractivity contribution is -0.207. The molecule has 0 heterocycles. The minimum atomic E-state index is -0.536. The fourth-order valence-corrected chi connectivity index (χ4v) is 5.01. The standard InChI is InChI=1S/C30H34N6O2/c1-20-16-21(2)18-26(17-20)33-30(38)36(27-14-12-24(13-15-27)23-6-4-3-5-7-23)19-22-8-10-25(11-9-22)28(37)34-29(31)35-32/h8-18,23,32H,3-7,19H2,1-2H3,(H,33,38)(H2,31,34,37)/p+1. The third-order valence-corrected chi connectivity index (χ3v) is 6.89. The number of urea groups is 1. The summed E-state index contributed by atoms with van der Waals surface area (Å²) < 4.78 is 0. The molecule has 5 N–H and O–H groups in total. The Balaban J connectivity index is 1.58. The van der Waals surface area contributed by atoms with Crippen LogP contribution in [0.1, 0.15) is 70.6 Å². The van der Waals surface area contributed by atoms with Crippen molar-refractivity contribution in [1.82, 2.24) is 0 Å². The Morgan fingerprint density at radius 3 is 2.18 bits per heavy atom. The van der Waals surface area contributed by atoms with E-state index in [1.165, 1.54) is 37.7 Å². The maximum absolute atomic E-state index is 13.6. The van der Waals surface area contributed by atoms with Crippen LogP contribution in [0, 0.1) is 13.8 Å². The third-order valence-electron chi connectivity index (χ3n) is 6.89. The summed E-state index contributed by atoms with van der Waals surface area (Å²) in [5.74, 6) is -0.236. The van der Waals surface area contributed by atoms with Crippen LogP contribution in [0.3, 0.4) is 0 Å².